The normalized spacial score (nSPS) is 22.2. The molecule has 3 rings (SSSR count). The number of benzene rings is 1. The molecule has 1 saturated heterocycles. The fourth-order valence-electron chi connectivity index (χ4n) is 3.41. The Labute approximate surface area is 144 Å². The molecule has 1 N–H and O–H groups in total. The fraction of sp³-hybridized carbons (Fsp3) is 0.579. The molecule has 1 aromatic carbocycles. The standard InChI is InChI=1S/C19H27N3O2/c1-14(19(24)21(2)13-18(23)20-17-8-9-17)22-11-10-16(12-22)15-6-4-3-5-7-15/h3-7,14,16-17H,8-13H2,1-2H3,(H,20,23)/t14-,16-/m1/s1. The van der Waals surface area contributed by atoms with E-state index in [9.17, 15) is 9.59 Å². The largest absolute Gasteiger partial charge is 0.352 e. The number of likely N-dealkylation sites (N-methyl/N-ethyl adjacent to an activating group) is 1. The lowest BCUT2D eigenvalue weighted by molar-refractivity contribution is -0.138. The number of carbonyl (C=O) groups is 2. The van der Waals surface area contributed by atoms with E-state index in [-0.39, 0.29) is 24.4 Å². The predicted octanol–water partition coefficient (Wildman–Crippen LogP) is 1.60. The number of carbonyl (C=O) groups excluding carboxylic acids is 2. The lowest BCUT2D eigenvalue weighted by Crippen LogP contribution is -2.48. The summed E-state index contributed by atoms with van der Waals surface area (Å²) in [5, 5.41) is 2.93. The van der Waals surface area contributed by atoms with Crippen molar-refractivity contribution >= 4 is 11.8 Å². The van der Waals surface area contributed by atoms with Gasteiger partial charge in [-0.1, -0.05) is 30.3 Å². The van der Waals surface area contributed by atoms with Gasteiger partial charge in [0.2, 0.25) is 11.8 Å². The van der Waals surface area contributed by atoms with Crippen LogP contribution in [0.15, 0.2) is 30.3 Å². The van der Waals surface area contributed by atoms with Crippen molar-refractivity contribution in [1.29, 1.82) is 0 Å². The van der Waals surface area contributed by atoms with E-state index >= 15 is 0 Å². The van der Waals surface area contributed by atoms with Crippen LogP contribution in [0.4, 0.5) is 0 Å². The average Bonchev–Trinajstić information content (AvgIpc) is 3.26. The van der Waals surface area contributed by atoms with Gasteiger partial charge >= 0.3 is 0 Å². The molecule has 24 heavy (non-hydrogen) atoms. The lowest BCUT2D eigenvalue weighted by atomic mass is 9.99. The van der Waals surface area contributed by atoms with Crippen LogP contribution >= 0.6 is 0 Å². The van der Waals surface area contributed by atoms with Crippen LogP contribution in [0.3, 0.4) is 0 Å². The first-order chi connectivity index (χ1) is 11.5. The molecule has 0 unspecified atom stereocenters. The van der Waals surface area contributed by atoms with Crippen molar-refractivity contribution in [3.8, 4) is 0 Å². The van der Waals surface area contributed by atoms with Gasteiger partial charge in [0.05, 0.1) is 12.6 Å². The molecule has 1 saturated carbocycles. The molecule has 5 heteroatoms. The number of rotatable bonds is 6. The maximum absolute atomic E-state index is 12.6. The summed E-state index contributed by atoms with van der Waals surface area (Å²) < 4.78 is 0. The number of hydrogen-bond donors (Lipinski definition) is 1. The molecular formula is C19H27N3O2. The topological polar surface area (TPSA) is 52.7 Å². The van der Waals surface area contributed by atoms with E-state index in [0.29, 0.717) is 12.0 Å². The van der Waals surface area contributed by atoms with Crippen LogP contribution in [0.5, 0.6) is 0 Å². The summed E-state index contributed by atoms with van der Waals surface area (Å²) in [4.78, 5) is 28.3. The molecular weight excluding hydrogens is 302 g/mol. The van der Waals surface area contributed by atoms with Gasteiger partial charge in [-0.25, -0.2) is 0 Å². The summed E-state index contributed by atoms with van der Waals surface area (Å²) in [7, 11) is 1.72. The van der Waals surface area contributed by atoms with Crippen LogP contribution < -0.4 is 5.32 Å². The minimum Gasteiger partial charge on any atom is -0.352 e. The third kappa shape index (κ3) is 4.15. The number of likely N-dealkylation sites (tertiary alicyclic amines) is 1. The predicted molar refractivity (Wildman–Crippen MR) is 93.6 cm³/mol. The molecule has 2 aliphatic rings. The Morgan fingerprint density at radius 2 is 1.96 bits per heavy atom. The molecule has 2 amide bonds. The second kappa shape index (κ2) is 7.34. The monoisotopic (exact) mass is 329 g/mol. The maximum Gasteiger partial charge on any atom is 0.239 e. The molecule has 5 nitrogen and oxygen atoms in total. The van der Waals surface area contributed by atoms with Crippen molar-refractivity contribution in [3.05, 3.63) is 35.9 Å². The van der Waals surface area contributed by atoms with E-state index in [1.807, 2.05) is 13.0 Å². The molecule has 1 aliphatic carbocycles. The Hall–Kier alpha value is -1.88. The third-order valence-electron chi connectivity index (χ3n) is 5.10. The van der Waals surface area contributed by atoms with Crippen LogP contribution in [0.25, 0.3) is 0 Å². The zero-order valence-electron chi connectivity index (χ0n) is 14.6. The molecule has 2 atom stereocenters. The molecule has 0 aromatic heterocycles. The number of nitrogens with zero attached hydrogens (tertiary/aromatic N) is 2. The van der Waals surface area contributed by atoms with Crippen molar-refractivity contribution in [1.82, 2.24) is 15.1 Å². The highest BCUT2D eigenvalue weighted by Crippen LogP contribution is 2.28. The van der Waals surface area contributed by atoms with E-state index in [1.54, 1.807) is 11.9 Å². The fourth-order valence-corrected chi connectivity index (χ4v) is 3.41. The first-order valence-corrected chi connectivity index (χ1v) is 8.88. The summed E-state index contributed by atoms with van der Waals surface area (Å²) in [5.74, 6) is 0.462. The van der Waals surface area contributed by atoms with E-state index in [1.165, 1.54) is 5.56 Å². The number of hydrogen-bond acceptors (Lipinski definition) is 3. The second-order valence-electron chi connectivity index (χ2n) is 7.10. The van der Waals surface area contributed by atoms with Crippen LogP contribution in [0.2, 0.25) is 0 Å². The van der Waals surface area contributed by atoms with E-state index in [0.717, 1.165) is 32.4 Å². The van der Waals surface area contributed by atoms with Gasteiger partial charge in [-0.2, -0.15) is 0 Å². The van der Waals surface area contributed by atoms with Gasteiger partial charge in [0.1, 0.15) is 0 Å². The Morgan fingerprint density at radius 1 is 1.25 bits per heavy atom. The summed E-state index contributed by atoms with van der Waals surface area (Å²) >= 11 is 0. The van der Waals surface area contributed by atoms with Crippen molar-refractivity contribution in [2.75, 3.05) is 26.7 Å². The summed E-state index contributed by atoms with van der Waals surface area (Å²) in [6, 6.07) is 10.6. The number of amides is 2. The van der Waals surface area contributed by atoms with Gasteiger partial charge in [-0.05, 0) is 44.2 Å². The van der Waals surface area contributed by atoms with Crippen LogP contribution in [-0.4, -0.2) is 60.4 Å². The number of nitrogens with one attached hydrogen (secondary N) is 1. The lowest BCUT2D eigenvalue weighted by Gasteiger charge is -2.27. The van der Waals surface area contributed by atoms with Crippen molar-refractivity contribution in [2.24, 2.45) is 0 Å². The van der Waals surface area contributed by atoms with Gasteiger partial charge in [0.15, 0.2) is 0 Å². The summed E-state index contributed by atoms with van der Waals surface area (Å²) in [5.41, 5.74) is 1.34. The van der Waals surface area contributed by atoms with Crippen LogP contribution in [0, 0.1) is 0 Å². The molecule has 0 bridgehead atoms. The highest BCUT2D eigenvalue weighted by Gasteiger charge is 2.32. The molecule has 1 aromatic rings. The summed E-state index contributed by atoms with van der Waals surface area (Å²) in [6.45, 7) is 3.92. The third-order valence-corrected chi connectivity index (χ3v) is 5.10. The van der Waals surface area contributed by atoms with E-state index in [4.69, 9.17) is 0 Å². The molecule has 1 aliphatic heterocycles. The minimum absolute atomic E-state index is 0.0228. The van der Waals surface area contributed by atoms with Crippen molar-refractivity contribution in [2.45, 2.75) is 44.2 Å². The Bertz CT molecular complexity index is 586. The van der Waals surface area contributed by atoms with Gasteiger partial charge in [0, 0.05) is 19.6 Å². The molecule has 0 spiro atoms. The van der Waals surface area contributed by atoms with E-state index < -0.39 is 0 Å². The first-order valence-electron chi connectivity index (χ1n) is 8.88. The zero-order valence-corrected chi connectivity index (χ0v) is 14.6. The van der Waals surface area contributed by atoms with Crippen molar-refractivity contribution in [3.63, 3.8) is 0 Å². The van der Waals surface area contributed by atoms with E-state index in [2.05, 4.69) is 34.5 Å². The zero-order chi connectivity index (χ0) is 17.1. The van der Waals surface area contributed by atoms with Crippen LogP contribution in [0.1, 0.15) is 37.7 Å². The first kappa shape index (κ1) is 17.0. The molecule has 130 valence electrons. The average molecular weight is 329 g/mol. The SMILES string of the molecule is C[C@H](C(=O)N(C)CC(=O)NC1CC1)N1CC[C@@H](c2ccccc2)C1. The summed E-state index contributed by atoms with van der Waals surface area (Å²) in [6.07, 6.45) is 3.20. The van der Waals surface area contributed by atoms with Gasteiger partial charge < -0.3 is 10.2 Å². The molecule has 2 fully saturated rings. The highest BCUT2D eigenvalue weighted by molar-refractivity contribution is 5.87. The second-order valence-corrected chi connectivity index (χ2v) is 7.10. The Kier molecular flexibility index (Phi) is 5.19. The molecule has 0 radical (unpaired) electrons. The molecule has 1 heterocycles. The highest BCUT2D eigenvalue weighted by atomic mass is 16.2. The Morgan fingerprint density at radius 3 is 2.62 bits per heavy atom. The van der Waals surface area contributed by atoms with Gasteiger partial charge in [0.25, 0.3) is 0 Å². The quantitative estimate of drug-likeness (QED) is 0.862. The van der Waals surface area contributed by atoms with Crippen LogP contribution in [-0.2, 0) is 9.59 Å². The Balaban J connectivity index is 1.50. The van der Waals surface area contributed by atoms with Gasteiger partial charge in [-0.3, -0.25) is 14.5 Å². The smallest absolute Gasteiger partial charge is 0.239 e. The minimum atomic E-state index is -0.183. The van der Waals surface area contributed by atoms with Crippen molar-refractivity contribution < 1.29 is 9.59 Å². The maximum atomic E-state index is 12.6. The van der Waals surface area contributed by atoms with Gasteiger partial charge in [-0.15, -0.1) is 0 Å².